The molecule has 0 amide bonds. The number of thiophene rings is 1. The summed E-state index contributed by atoms with van der Waals surface area (Å²) in [5.41, 5.74) is 0. The van der Waals surface area contributed by atoms with E-state index in [0.29, 0.717) is 5.25 Å². The molecule has 2 rings (SSSR count). The SMILES string of the molecule is CCc1noc(CS[C@@H](C)c2cccs2)n1. The Hall–Kier alpha value is -0.810. The van der Waals surface area contributed by atoms with Crippen LogP contribution in [-0.4, -0.2) is 10.1 Å². The molecule has 0 unspecified atom stereocenters. The zero-order chi connectivity index (χ0) is 11.4. The highest BCUT2D eigenvalue weighted by Crippen LogP contribution is 2.33. The van der Waals surface area contributed by atoms with E-state index in [1.54, 1.807) is 11.3 Å². The Balaban J connectivity index is 1.87. The number of thioether (sulfide) groups is 1. The third-order valence-electron chi connectivity index (χ3n) is 2.23. The zero-order valence-corrected chi connectivity index (χ0v) is 11.0. The lowest BCUT2D eigenvalue weighted by Crippen LogP contribution is -1.87. The van der Waals surface area contributed by atoms with Crippen LogP contribution in [0, 0.1) is 0 Å². The molecular formula is C11H14N2OS2. The van der Waals surface area contributed by atoms with Crippen molar-refractivity contribution in [1.82, 2.24) is 10.1 Å². The maximum atomic E-state index is 5.14. The van der Waals surface area contributed by atoms with Crippen LogP contribution in [0.3, 0.4) is 0 Å². The van der Waals surface area contributed by atoms with Crippen LogP contribution in [0.1, 0.15) is 35.7 Å². The number of hydrogen-bond acceptors (Lipinski definition) is 5. The molecule has 2 heterocycles. The molecule has 16 heavy (non-hydrogen) atoms. The van der Waals surface area contributed by atoms with E-state index in [9.17, 15) is 0 Å². The van der Waals surface area contributed by atoms with Crippen LogP contribution in [0.25, 0.3) is 0 Å². The lowest BCUT2D eigenvalue weighted by atomic mass is 10.4. The van der Waals surface area contributed by atoms with E-state index in [-0.39, 0.29) is 0 Å². The van der Waals surface area contributed by atoms with E-state index in [2.05, 4.69) is 34.6 Å². The van der Waals surface area contributed by atoms with Gasteiger partial charge in [-0.25, -0.2) is 0 Å². The fraction of sp³-hybridized carbons (Fsp3) is 0.455. The third-order valence-corrected chi connectivity index (χ3v) is 4.60. The lowest BCUT2D eigenvalue weighted by molar-refractivity contribution is 0.385. The van der Waals surface area contributed by atoms with Crippen molar-refractivity contribution in [3.8, 4) is 0 Å². The average molecular weight is 254 g/mol. The second-order valence-electron chi connectivity index (χ2n) is 3.43. The maximum absolute atomic E-state index is 5.14. The van der Waals surface area contributed by atoms with Gasteiger partial charge in [0.15, 0.2) is 5.82 Å². The highest BCUT2D eigenvalue weighted by Gasteiger charge is 2.10. The van der Waals surface area contributed by atoms with E-state index in [1.807, 2.05) is 18.7 Å². The minimum Gasteiger partial charge on any atom is -0.338 e. The van der Waals surface area contributed by atoms with E-state index in [4.69, 9.17) is 4.52 Å². The summed E-state index contributed by atoms with van der Waals surface area (Å²) >= 11 is 3.61. The molecule has 0 aromatic carbocycles. The van der Waals surface area contributed by atoms with Crippen molar-refractivity contribution in [3.05, 3.63) is 34.1 Å². The summed E-state index contributed by atoms with van der Waals surface area (Å²) in [6, 6.07) is 4.24. The molecule has 2 aromatic heterocycles. The van der Waals surface area contributed by atoms with Gasteiger partial charge in [0, 0.05) is 16.5 Å². The summed E-state index contributed by atoms with van der Waals surface area (Å²) in [5, 5.41) is 6.47. The molecule has 86 valence electrons. The molecule has 0 saturated heterocycles. The number of nitrogens with zero attached hydrogens (tertiary/aromatic N) is 2. The first-order valence-electron chi connectivity index (χ1n) is 5.26. The van der Waals surface area contributed by atoms with Gasteiger partial charge in [0.05, 0.1) is 5.75 Å². The topological polar surface area (TPSA) is 38.9 Å². The summed E-state index contributed by atoms with van der Waals surface area (Å²) < 4.78 is 5.14. The number of hydrogen-bond donors (Lipinski definition) is 0. The Morgan fingerprint density at radius 3 is 3.06 bits per heavy atom. The average Bonchev–Trinajstić information content (AvgIpc) is 2.96. The van der Waals surface area contributed by atoms with Gasteiger partial charge < -0.3 is 4.52 Å². The molecule has 0 aliphatic carbocycles. The molecule has 5 heteroatoms. The van der Waals surface area contributed by atoms with Gasteiger partial charge in [-0.1, -0.05) is 18.1 Å². The predicted molar refractivity (Wildman–Crippen MR) is 67.7 cm³/mol. The Bertz CT molecular complexity index is 425. The first-order valence-corrected chi connectivity index (χ1v) is 7.19. The summed E-state index contributed by atoms with van der Waals surface area (Å²) in [4.78, 5) is 5.68. The van der Waals surface area contributed by atoms with Crippen LogP contribution in [0.2, 0.25) is 0 Å². The summed E-state index contributed by atoms with van der Waals surface area (Å²) in [5.74, 6) is 2.30. The quantitative estimate of drug-likeness (QED) is 0.815. The fourth-order valence-electron chi connectivity index (χ4n) is 1.29. The first kappa shape index (κ1) is 11.7. The van der Waals surface area contributed by atoms with Gasteiger partial charge in [-0.05, 0) is 18.4 Å². The van der Waals surface area contributed by atoms with Crippen LogP contribution >= 0.6 is 23.1 Å². The predicted octanol–water partition coefficient (Wildman–Crippen LogP) is 3.69. The molecule has 0 spiro atoms. The highest BCUT2D eigenvalue weighted by atomic mass is 32.2. The third kappa shape index (κ3) is 2.86. The number of aromatic nitrogens is 2. The Labute approximate surface area is 103 Å². The van der Waals surface area contributed by atoms with Crippen LogP contribution < -0.4 is 0 Å². The highest BCUT2D eigenvalue weighted by molar-refractivity contribution is 7.98. The van der Waals surface area contributed by atoms with E-state index >= 15 is 0 Å². The normalized spacial score (nSPS) is 12.9. The molecule has 0 aliphatic rings. The van der Waals surface area contributed by atoms with Gasteiger partial charge in [-0.3, -0.25) is 0 Å². The Morgan fingerprint density at radius 1 is 1.56 bits per heavy atom. The number of rotatable bonds is 5. The smallest absolute Gasteiger partial charge is 0.236 e. The maximum Gasteiger partial charge on any atom is 0.236 e. The Morgan fingerprint density at radius 2 is 2.44 bits per heavy atom. The zero-order valence-electron chi connectivity index (χ0n) is 9.34. The lowest BCUT2D eigenvalue weighted by Gasteiger charge is -2.06. The van der Waals surface area contributed by atoms with Crippen LogP contribution in [0.4, 0.5) is 0 Å². The molecule has 2 aromatic rings. The van der Waals surface area contributed by atoms with Gasteiger partial charge in [0.25, 0.3) is 0 Å². The first-order chi connectivity index (χ1) is 7.79. The monoisotopic (exact) mass is 254 g/mol. The summed E-state index contributed by atoms with van der Waals surface area (Å²) in [6.45, 7) is 4.23. The molecule has 0 N–H and O–H groups in total. The molecule has 0 bridgehead atoms. The van der Waals surface area contributed by atoms with Gasteiger partial charge in [0.1, 0.15) is 0 Å². The van der Waals surface area contributed by atoms with Crippen LogP contribution in [0.15, 0.2) is 22.0 Å². The van der Waals surface area contributed by atoms with E-state index in [1.165, 1.54) is 4.88 Å². The van der Waals surface area contributed by atoms with Gasteiger partial charge in [-0.2, -0.15) is 4.98 Å². The van der Waals surface area contributed by atoms with Crippen LogP contribution in [0.5, 0.6) is 0 Å². The van der Waals surface area contributed by atoms with Crippen LogP contribution in [-0.2, 0) is 12.2 Å². The van der Waals surface area contributed by atoms with E-state index < -0.39 is 0 Å². The molecule has 0 aliphatic heterocycles. The van der Waals surface area contributed by atoms with Gasteiger partial charge >= 0.3 is 0 Å². The van der Waals surface area contributed by atoms with Gasteiger partial charge in [0.2, 0.25) is 5.89 Å². The second-order valence-corrected chi connectivity index (χ2v) is 5.73. The molecule has 0 saturated carbocycles. The fourth-order valence-corrected chi connectivity index (χ4v) is 3.08. The van der Waals surface area contributed by atoms with E-state index in [0.717, 1.165) is 23.9 Å². The van der Waals surface area contributed by atoms with Crippen molar-refractivity contribution in [2.75, 3.05) is 0 Å². The molecule has 0 fully saturated rings. The molecule has 0 radical (unpaired) electrons. The minimum absolute atomic E-state index is 0.483. The van der Waals surface area contributed by atoms with Crippen molar-refractivity contribution < 1.29 is 4.52 Å². The minimum atomic E-state index is 0.483. The second kappa shape index (κ2) is 5.50. The van der Waals surface area contributed by atoms with Crippen molar-refractivity contribution in [2.24, 2.45) is 0 Å². The van der Waals surface area contributed by atoms with Crippen molar-refractivity contribution in [1.29, 1.82) is 0 Å². The van der Waals surface area contributed by atoms with Crippen molar-refractivity contribution in [2.45, 2.75) is 31.3 Å². The summed E-state index contributed by atoms with van der Waals surface area (Å²) in [7, 11) is 0. The largest absolute Gasteiger partial charge is 0.338 e. The number of aryl methyl sites for hydroxylation is 1. The van der Waals surface area contributed by atoms with Crippen molar-refractivity contribution >= 4 is 23.1 Å². The molecular weight excluding hydrogens is 240 g/mol. The molecule has 3 nitrogen and oxygen atoms in total. The molecule has 1 atom stereocenters. The van der Waals surface area contributed by atoms with Crippen molar-refractivity contribution in [3.63, 3.8) is 0 Å². The Kier molecular flexibility index (Phi) is 4.01. The standard InChI is InChI=1S/C11H14N2OS2/c1-3-10-12-11(14-13-10)7-16-8(2)9-5-4-6-15-9/h4-6,8H,3,7H2,1-2H3/t8-/m0/s1. The van der Waals surface area contributed by atoms with Gasteiger partial charge in [-0.15, -0.1) is 23.1 Å². The summed E-state index contributed by atoms with van der Waals surface area (Å²) in [6.07, 6.45) is 0.828.